The fourth-order valence-electron chi connectivity index (χ4n) is 3.20. The molecule has 2 aromatic rings. The molecule has 0 aliphatic rings. The molecule has 0 spiro atoms. The van der Waals surface area contributed by atoms with Crippen LogP contribution in [-0.2, 0) is 21.2 Å². The lowest BCUT2D eigenvalue weighted by molar-refractivity contribution is -0.123. The first kappa shape index (κ1) is 23.0. The second-order valence-corrected chi connectivity index (χ2v) is 9.88. The first-order chi connectivity index (χ1) is 13.4. The molecule has 1 N–H and O–H groups in total. The van der Waals surface area contributed by atoms with Crippen LogP contribution in [0.2, 0.25) is 5.02 Å². The largest absolute Gasteiger partial charge is 0.495 e. The summed E-state index contributed by atoms with van der Waals surface area (Å²) in [4.78, 5) is 13.0. The van der Waals surface area contributed by atoms with E-state index in [2.05, 4.69) is 5.32 Å². The molecule has 29 heavy (non-hydrogen) atoms. The van der Waals surface area contributed by atoms with Crippen LogP contribution in [-0.4, -0.2) is 39.3 Å². The van der Waals surface area contributed by atoms with Gasteiger partial charge in [0.05, 0.1) is 19.1 Å². The lowest BCUT2D eigenvalue weighted by Crippen LogP contribution is -2.54. The van der Waals surface area contributed by atoms with E-state index >= 15 is 0 Å². The third-order valence-electron chi connectivity index (χ3n) is 4.42. The minimum absolute atomic E-state index is 0.214. The molecule has 1 atom stereocenters. The Morgan fingerprint density at radius 3 is 2.38 bits per heavy atom. The van der Waals surface area contributed by atoms with Gasteiger partial charge in [0.1, 0.15) is 11.8 Å². The molecule has 8 heteroatoms. The lowest BCUT2D eigenvalue weighted by Gasteiger charge is -2.33. The monoisotopic (exact) mass is 438 g/mol. The summed E-state index contributed by atoms with van der Waals surface area (Å²) in [6, 6.07) is 13.4. The van der Waals surface area contributed by atoms with E-state index in [4.69, 9.17) is 16.3 Å². The molecule has 6 nitrogen and oxygen atoms in total. The second-order valence-electron chi connectivity index (χ2n) is 7.59. The van der Waals surface area contributed by atoms with E-state index in [9.17, 15) is 13.2 Å². The fourth-order valence-corrected chi connectivity index (χ4v) is 4.54. The van der Waals surface area contributed by atoms with Crippen LogP contribution >= 0.6 is 11.6 Å². The quantitative estimate of drug-likeness (QED) is 0.682. The number of hydrogen-bond donors (Lipinski definition) is 1. The Hall–Kier alpha value is -2.25. The van der Waals surface area contributed by atoms with Crippen LogP contribution in [0, 0.1) is 0 Å². The van der Waals surface area contributed by atoms with Crippen molar-refractivity contribution < 1.29 is 17.9 Å². The van der Waals surface area contributed by atoms with Gasteiger partial charge in [-0.2, -0.15) is 0 Å². The van der Waals surface area contributed by atoms with Gasteiger partial charge in [0, 0.05) is 10.6 Å². The van der Waals surface area contributed by atoms with E-state index in [1.807, 2.05) is 44.2 Å². The van der Waals surface area contributed by atoms with Crippen molar-refractivity contribution in [3.63, 3.8) is 0 Å². The van der Waals surface area contributed by atoms with Crippen molar-refractivity contribution in [3.05, 3.63) is 59.1 Å². The van der Waals surface area contributed by atoms with Gasteiger partial charge in [0.15, 0.2) is 0 Å². The molecule has 0 fully saturated rings. The van der Waals surface area contributed by atoms with Crippen LogP contribution in [0.25, 0.3) is 0 Å². The summed E-state index contributed by atoms with van der Waals surface area (Å²) in [6.45, 7) is 5.33. The number of ether oxygens (including phenoxy) is 1. The van der Waals surface area contributed by atoms with Gasteiger partial charge in [0.25, 0.3) is 0 Å². The number of nitrogens with zero attached hydrogens (tertiary/aromatic N) is 1. The van der Waals surface area contributed by atoms with Gasteiger partial charge in [-0.25, -0.2) is 8.42 Å². The Morgan fingerprint density at radius 1 is 1.21 bits per heavy atom. The van der Waals surface area contributed by atoms with Crippen LogP contribution in [0.3, 0.4) is 0 Å². The van der Waals surface area contributed by atoms with Crippen molar-refractivity contribution in [2.75, 3.05) is 17.7 Å². The highest BCUT2D eigenvalue weighted by Gasteiger charge is 2.33. The summed E-state index contributed by atoms with van der Waals surface area (Å²) < 4.78 is 31.4. The summed E-state index contributed by atoms with van der Waals surface area (Å²) in [5.74, 6) is -0.110. The predicted molar refractivity (Wildman–Crippen MR) is 117 cm³/mol. The van der Waals surface area contributed by atoms with Crippen LogP contribution in [0.5, 0.6) is 5.75 Å². The van der Waals surface area contributed by atoms with E-state index < -0.39 is 27.5 Å². The fraction of sp³-hybridized carbons (Fsp3) is 0.381. The summed E-state index contributed by atoms with van der Waals surface area (Å²) in [6.07, 6.45) is 1.65. The maximum Gasteiger partial charge on any atom is 0.244 e. The number of carbonyl (C=O) groups excluding carboxylic acids is 1. The number of benzene rings is 2. The van der Waals surface area contributed by atoms with E-state index in [0.29, 0.717) is 17.2 Å². The number of anilines is 1. The summed E-state index contributed by atoms with van der Waals surface area (Å²) in [5, 5.41) is 3.30. The summed E-state index contributed by atoms with van der Waals surface area (Å²) in [5.41, 5.74) is 0.710. The molecule has 0 saturated carbocycles. The van der Waals surface area contributed by atoms with Crippen molar-refractivity contribution in [2.24, 2.45) is 0 Å². The van der Waals surface area contributed by atoms with E-state index in [-0.39, 0.29) is 5.69 Å². The van der Waals surface area contributed by atoms with Gasteiger partial charge >= 0.3 is 0 Å². The molecule has 1 unspecified atom stereocenters. The molecule has 158 valence electrons. The number of hydrogen-bond acceptors (Lipinski definition) is 4. The summed E-state index contributed by atoms with van der Waals surface area (Å²) in [7, 11) is -2.36. The van der Waals surface area contributed by atoms with Crippen molar-refractivity contribution in [3.8, 4) is 5.75 Å². The first-order valence-electron chi connectivity index (χ1n) is 9.13. The van der Waals surface area contributed by atoms with Crippen LogP contribution in [0.15, 0.2) is 48.5 Å². The maximum atomic E-state index is 13.0. The third kappa shape index (κ3) is 6.11. The molecule has 2 rings (SSSR count). The number of methoxy groups -OCH3 is 1. The van der Waals surface area contributed by atoms with Gasteiger partial charge in [0.2, 0.25) is 15.9 Å². The van der Waals surface area contributed by atoms with E-state index in [1.165, 1.54) is 20.1 Å². The molecule has 0 heterocycles. The van der Waals surface area contributed by atoms with Crippen LogP contribution in [0.1, 0.15) is 26.3 Å². The molecule has 0 aliphatic heterocycles. The topological polar surface area (TPSA) is 75.7 Å². The second kappa shape index (κ2) is 9.05. The molecule has 2 aromatic carbocycles. The average molecular weight is 439 g/mol. The van der Waals surface area contributed by atoms with Crippen molar-refractivity contribution in [1.29, 1.82) is 0 Å². The number of amides is 1. The number of rotatable bonds is 8. The standard InChI is InChI=1S/C21H27ClN2O4S/c1-15(20(25)23-21(2,3)14-16-9-7-6-8-10-16)24(29(5,26)27)18-13-17(22)11-12-19(18)28-4/h6-13,15H,14H2,1-5H3,(H,23,25). The maximum absolute atomic E-state index is 13.0. The van der Waals surface area contributed by atoms with Crippen LogP contribution < -0.4 is 14.4 Å². The molecular formula is C21H27ClN2O4S. The van der Waals surface area contributed by atoms with Crippen molar-refractivity contribution in [2.45, 2.75) is 38.8 Å². The Morgan fingerprint density at radius 2 is 1.83 bits per heavy atom. The lowest BCUT2D eigenvalue weighted by atomic mass is 9.94. The number of nitrogens with one attached hydrogen (secondary N) is 1. The molecule has 0 radical (unpaired) electrons. The minimum Gasteiger partial charge on any atom is -0.495 e. The first-order valence-corrected chi connectivity index (χ1v) is 11.4. The van der Waals surface area contributed by atoms with Gasteiger partial charge in [-0.15, -0.1) is 0 Å². The highest BCUT2D eigenvalue weighted by molar-refractivity contribution is 7.92. The zero-order valence-corrected chi connectivity index (χ0v) is 18.8. The predicted octanol–water partition coefficient (Wildman–Crippen LogP) is 3.64. The smallest absolute Gasteiger partial charge is 0.244 e. The molecule has 0 aromatic heterocycles. The zero-order chi connectivity index (χ0) is 21.8. The Bertz CT molecular complexity index is 962. The van der Waals surface area contributed by atoms with Crippen LogP contribution in [0.4, 0.5) is 5.69 Å². The summed E-state index contributed by atoms with van der Waals surface area (Å²) >= 11 is 6.07. The van der Waals surface area contributed by atoms with Crippen molar-refractivity contribution >= 4 is 33.2 Å². The molecule has 1 amide bonds. The highest BCUT2D eigenvalue weighted by Crippen LogP contribution is 2.34. The van der Waals surface area contributed by atoms with Gasteiger partial charge in [-0.3, -0.25) is 9.10 Å². The van der Waals surface area contributed by atoms with Gasteiger partial charge in [-0.1, -0.05) is 41.9 Å². The van der Waals surface area contributed by atoms with Gasteiger partial charge < -0.3 is 10.1 Å². The van der Waals surface area contributed by atoms with Gasteiger partial charge in [-0.05, 0) is 51.0 Å². The number of halogens is 1. The Balaban J connectivity index is 2.31. The molecule has 0 bridgehead atoms. The Kier molecular flexibility index (Phi) is 7.19. The molecule has 0 saturated heterocycles. The third-order valence-corrected chi connectivity index (χ3v) is 5.88. The van der Waals surface area contributed by atoms with E-state index in [0.717, 1.165) is 16.1 Å². The minimum atomic E-state index is -3.79. The highest BCUT2D eigenvalue weighted by atomic mass is 35.5. The normalized spacial score (nSPS) is 12.9. The number of sulfonamides is 1. The Labute approximate surface area is 177 Å². The zero-order valence-electron chi connectivity index (χ0n) is 17.3. The SMILES string of the molecule is COc1ccc(Cl)cc1N(C(C)C(=O)NC(C)(C)Cc1ccccc1)S(C)(=O)=O. The van der Waals surface area contributed by atoms with E-state index in [1.54, 1.807) is 12.1 Å². The molecular weight excluding hydrogens is 412 g/mol. The average Bonchev–Trinajstić information content (AvgIpc) is 2.60. The van der Waals surface area contributed by atoms with Crippen molar-refractivity contribution in [1.82, 2.24) is 5.32 Å². The number of carbonyl (C=O) groups is 1. The molecule has 0 aliphatic carbocycles.